The van der Waals surface area contributed by atoms with Crippen LogP contribution in [-0.4, -0.2) is 15.5 Å². The SMILES string of the molecule is CC(C)c1cn(C)c2ccc(C(=O)NCc3cccnc3)cc12. The van der Waals surface area contributed by atoms with Crippen LogP contribution < -0.4 is 5.32 Å². The molecule has 0 fully saturated rings. The third-order valence-electron chi connectivity index (χ3n) is 4.08. The van der Waals surface area contributed by atoms with Crippen molar-refractivity contribution in [1.29, 1.82) is 0 Å². The number of carbonyl (C=O) groups excluding carboxylic acids is 1. The Morgan fingerprint density at radius 1 is 1.30 bits per heavy atom. The van der Waals surface area contributed by atoms with Crippen LogP contribution in [0.4, 0.5) is 0 Å². The summed E-state index contributed by atoms with van der Waals surface area (Å²) >= 11 is 0. The van der Waals surface area contributed by atoms with E-state index in [-0.39, 0.29) is 5.91 Å². The van der Waals surface area contributed by atoms with E-state index in [4.69, 9.17) is 0 Å². The number of aryl methyl sites for hydroxylation is 1. The highest BCUT2D eigenvalue weighted by atomic mass is 16.1. The second-order valence-electron chi connectivity index (χ2n) is 6.13. The molecule has 0 spiro atoms. The molecule has 3 rings (SSSR count). The zero-order valence-electron chi connectivity index (χ0n) is 13.7. The first-order valence-electron chi connectivity index (χ1n) is 7.82. The van der Waals surface area contributed by atoms with Gasteiger partial charge in [-0.2, -0.15) is 0 Å². The normalized spacial score (nSPS) is 11.1. The molecule has 0 radical (unpaired) electrons. The molecule has 4 nitrogen and oxygen atoms in total. The van der Waals surface area contributed by atoms with Gasteiger partial charge in [-0.3, -0.25) is 9.78 Å². The van der Waals surface area contributed by atoms with Crippen molar-refractivity contribution in [2.24, 2.45) is 7.05 Å². The summed E-state index contributed by atoms with van der Waals surface area (Å²) in [6.07, 6.45) is 5.63. The summed E-state index contributed by atoms with van der Waals surface area (Å²) in [5.74, 6) is 0.363. The smallest absolute Gasteiger partial charge is 0.251 e. The lowest BCUT2D eigenvalue weighted by Crippen LogP contribution is -2.22. The second-order valence-corrected chi connectivity index (χ2v) is 6.13. The number of carbonyl (C=O) groups is 1. The minimum Gasteiger partial charge on any atom is -0.350 e. The Hall–Kier alpha value is -2.62. The summed E-state index contributed by atoms with van der Waals surface area (Å²) in [5.41, 5.74) is 4.10. The van der Waals surface area contributed by atoms with Crippen LogP contribution in [0.3, 0.4) is 0 Å². The second kappa shape index (κ2) is 6.24. The highest BCUT2D eigenvalue weighted by Crippen LogP contribution is 2.27. The van der Waals surface area contributed by atoms with Gasteiger partial charge in [0.15, 0.2) is 0 Å². The lowest BCUT2D eigenvalue weighted by Gasteiger charge is -2.07. The monoisotopic (exact) mass is 307 g/mol. The largest absolute Gasteiger partial charge is 0.350 e. The minimum atomic E-state index is -0.0608. The molecule has 1 aromatic carbocycles. The van der Waals surface area contributed by atoms with Crippen LogP contribution in [-0.2, 0) is 13.6 Å². The zero-order chi connectivity index (χ0) is 16.4. The summed E-state index contributed by atoms with van der Waals surface area (Å²) in [7, 11) is 2.04. The van der Waals surface area contributed by atoms with Gasteiger partial charge in [0, 0.05) is 48.6 Å². The highest BCUT2D eigenvalue weighted by Gasteiger charge is 2.13. The van der Waals surface area contributed by atoms with Crippen LogP contribution in [0.2, 0.25) is 0 Å². The van der Waals surface area contributed by atoms with Crippen molar-refractivity contribution in [3.63, 3.8) is 0 Å². The number of nitrogens with one attached hydrogen (secondary N) is 1. The van der Waals surface area contributed by atoms with E-state index in [1.165, 1.54) is 5.56 Å². The Balaban J connectivity index is 1.85. The number of hydrogen-bond acceptors (Lipinski definition) is 2. The molecule has 0 aliphatic carbocycles. The fourth-order valence-electron chi connectivity index (χ4n) is 2.81. The van der Waals surface area contributed by atoms with Gasteiger partial charge in [-0.05, 0) is 41.3 Å². The van der Waals surface area contributed by atoms with E-state index in [0.717, 1.165) is 16.5 Å². The van der Waals surface area contributed by atoms with Crippen LogP contribution in [0.1, 0.15) is 41.3 Å². The number of amides is 1. The molecule has 0 bridgehead atoms. The van der Waals surface area contributed by atoms with E-state index in [1.54, 1.807) is 12.4 Å². The Morgan fingerprint density at radius 3 is 2.83 bits per heavy atom. The van der Waals surface area contributed by atoms with Gasteiger partial charge in [0.2, 0.25) is 0 Å². The number of rotatable bonds is 4. The van der Waals surface area contributed by atoms with Crippen LogP contribution >= 0.6 is 0 Å². The van der Waals surface area contributed by atoms with Crippen molar-refractivity contribution in [1.82, 2.24) is 14.9 Å². The van der Waals surface area contributed by atoms with Crippen molar-refractivity contribution in [2.75, 3.05) is 0 Å². The molecule has 0 atom stereocenters. The summed E-state index contributed by atoms with van der Waals surface area (Å²) in [4.78, 5) is 16.5. The van der Waals surface area contributed by atoms with Crippen molar-refractivity contribution in [3.8, 4) is 0 Å². The topological polar surface area (TPSA) is 46.9 Å². The quantitative estimate of drug-likeness (QED) is 0.800. The van der Waals surface area contributed by atoms with Crippen LogP contribution in [0, 0.1) is 0 Å². The number of benzene rings is 1. The minimum absolute atomic E-state index is 0.0608. The van der Waals surface area contributed by atoms with Gasteiger partial charge in [-0.25, -0.2) is 0 Å². The average molecular weight is 307 g/mol. The third-order valence-corrected chi connectivity index (χ3v) is 4.08. The van der Waals surface area contributed by atoms with Gasteiger partial charge >= 0.3 is 0 Å². The highest BCUT2D eigenvalue weighted by molar-refractivity contribution is 5.99. The summed E-state index contributed by atoms with van der Waals surface area (Å²) in [6.45, 7) is 4.82. The summed E-state index contributed by atoms with van der Waals surface area (Å²) in [6, 6.07) is 9.70. The molecule has 0 aliphatic heterocycles. The predicted molar refractivity (Wildman–Crippen MR) is 92.4 cm³/mol. The lowest BCUT2D eigenvalue weighted by molar-refractivity contribution is 0.0951. The van der Waals surface area contributed by atoms with E-state index < -0.39 is 0 Å². The zero-order valence-corrected chi connectivity index (χ0v) is 13.7. The molecular weight excluding hydrogens is 286 g/mol. The molecule has 3 aromatic rings. The first-order chi connectivity index (χ1) is 11.1. The van der Waals surface area contributed by atoms with E-state index in [0.29, 0.717) is 18.0 Å². The Labute approximate surface area is 136 Å². The summed E-state index contributed by atoms with van der Waals surface area (Å²) in [5, 5.41) is 4.10. The molecule has 2 aromatic heterocycles. The number of nitrogens with zero attached hydrogens (tertiary/aromatic N) is 2. The fourth-order valence-corrected chi connectivity index (χ4v) is 2.81. The first kappa shape index (κ1) is 15.3. The molecule has 2 heterocycles. The van der Waals surface area contributed by atoms with Gasteiger partial charge < -0.3 is 9.88 Å². The van der Waals surface area contributed by atoms with Gasteiger partial charge in [0.25, 0.3) is 5.91 Å². The van der Waals surface area contributed by atoms with Crippen molar-refractivity contribution in [2.45, 2.75) is 26.3 Å². The Morgan fingerprint density at radius 2 is 2.13 bits per heavy atom. The maximum atomic E-state index is 12.4. The van der Waals surface area contributed by atoms with Gasteiger partial charge in [0.1, 0.15) is 0 Å². The molecule has 0 saturated heterocycles. The molecule has 1 N–H and O–H groups in total. The molecule has 0 unspecified atom stereocenters. The molecule has 23 heavy (non-hydrogen) atoms. The van der Waals surface area contributed by atoms with Gasteiger partial charge in [-0.15, -0.1) is 0 Å². The van der Waals surface area contributed by atoms with E-state index >= 15 is 0 Å². The number of fused-ring (bicyclic) bond motifs is 1. The maximum Gasteiger partial charge on any atom is 0.251 e. The number of pyridine rings is 1. The van der Waals surface area contributed by atoms with E-state index in [2.05, 4.69) is 34.9 Å². The van der Waals surface area contributed by atoms with Crippen molar-refractivity contribution in [3.05, 3.63) is 65.6 Å². The number of hydrogen-bond donors (Lipinski definition) is 1. The van der Waals surface area contributed by atoms with Gasteiger partial charge in [0.05, 0.1) is 0 Å². The van der Waals surface area contributed by atoms with E-state index in [1.807, 2.05) is 37.4 Å². The Bertz CT molecular complexity index is 834. The maximum absolute atomic E-state index is 12.4. The first-order valence-corrected chi connectivity index (χ1v) is 7.82. The molecular formula is C19H21N3O. The molecule has 4 heteroatoms. The van der Waals surface area contributed by atoms with Crippen LogP contribution in [0.5, 0.6) is 0 Å². The molecule has 1 amide bonds. The molecule has 0 saturated carbocycles. The Kier molecular flexibility index (Phi) is 4.15. The lowest BCUT2D eigenvalue weighted by atomic mass is 10.0. The standard InChI is InChI=1S/C19H21N3O/c1-13(2)17-12-22(3)18-7-6-15(9-16(17)18)19(23)21-11-14-5-4-8-20-10-14/h4-10,12-13H,11H2,1-3H3,(H,21,23). The third kappa shape index (κ3) is 3.11. The van der Waals surface area contributed by atoms with Crippen LogP contribution in [0.25, 0.3) is 10.9 Å². The van der Waals surface area contributed by atoms with Crippen LogP contribution in [0.15, 0.2) is 48.9 Å². The predicted octanol–water partition coefficient (Wildman–Crippen LogP) is 3.63. The van der Waals surface area contributed by atoms with Crippen molar-refractivity contribution >= 4 is 16.8 Å². The number of aromatic nitrogens is 2. The van der Waals surface area contributed by atoms with Gasteiger partial charge in [-0.1, -0.05) is 19.9 Å². The molecule has 118 valence electrons. The average Bonchev–Trinajstić information content (AvgIpc) is 2.90. The molecule has 0 aliphatic rings. The van der Waals surface area contributed by atoms with E-state index in [9.17, 15) is 4.79 Å². The fraction of sp³-hybridized carbons (Fsp3) is 0.263. The van der Waals surface area contributed by atoms with Crippen molar-refractivity contribution < 1.29 is 4.79 Å². The summed E-state index contributed by atoms with van der Waals surface area (Å²) < 4.78 is 2.11.